The molecule has 1 aromatic rings. The SMILES string of the molecule is C[C@@H](NC(=O)N1CCC[C@@H](CO)C1)c1nc(C(C)(C)C)cs1. The summed E-state index contributed by atoms with van der Waals surface area (Å²) in [6.45, 7) is 9.94. The molecule has 0 aromatic carbocycles. The average molecular weight is 325 g/mol. The van der Waals surface area contributed by atoms with Gasteiger partial charge in [0.05, 0.1) is 11.7 Å². The number of likely N-dealkylation sites (tertiary alicyclic amines) is 1. The third-order valence-electron chi connectivity index (χ3n) is 4.07. The van der Waals surface area contributed by atoms with Crippen LogP contribution in [-0.4, -0.2) is 40.7 Å². The van der Waals surface area contributed by atoms with E-state index >= 15 is 0 Å². The molecule has 124 valence electrons. The normalized spacial score (nSPS) is 20.8. The van der Waals surface area contributed by atoms with Crippen molar-refractivity contribution in [3.63, 3.8) is 0 Å². The molecule has 1 fully saturated rings. The van der Waals surface area contributed by atoms with Crippen molar-refractivity contribution in [3.8, 4) is 0 Å². The number of amides is 2. The highest BCUT2D eigenvalue weighted by Gasteiger charge is 2.25. The first-order valence-electron chi connectivity index (χ1n) is 7.93. The van der Waals surface area contributed by atoms with Crippen molar-refractivity contribution in [1.82, 2.24) is 15.2 Å². The van der Waals surface area contributed by atoms with Gasteiger partial charge in [-0.05, 0) is 25.7 Å². The van der Waals surface area contributed by atoms with E-state index in [9.17, 15) is 9.90 Å². The summed E-state index contributed by atoms with van der Waals surface area (Å²) in [6.07, 6.45) is 1.95. The molecule has 1 aliphatic rings. The summed E-state index contributed by atoms with van der Waals surface area (Å²) < 4.78 is 0. The van der Waals surface area contributed by atoms with Crippen LogP contribution in [-0.2, 0) is 5.41 Å². The Balaban J connectivity index is 1.95. The van der Waals surface area contributed by atoms with E-state index in [0.29, 0.717) is 6.54 Å². The van der Waals surface area contributed by atoms with Gasteiger partial charge in [0, 0.05) is 30.5 Å². The molecular weight excluding hydrogens is 298 g/mol. The second-order valence-electron chi connectivity index (χ2n) is 7.13. The van der Waals surface area contributed by atoms with Gasteiger partial charge in [-0.15, -0.1) is 11.3 Å². The standard InChI is InChI=1S/C16H27N3O2S/c1-11(14-18-13(10-22-14)16(2,3)4)17-15(21)19-7-5-6-12(8-19)9-20/h10-12,20H,5-9H2,1-4H3,(H,17,21)/t11-,12-/m1/s1. The molecule has 0 spiro atoms. The van der Waals surface area contributed by atoms with Crippen LogP contribution in [0.15, 0.2) is 5.38 Å². The van der Waals surface area contributed by atoms with E-state index in [0.717, 1.165) is 30.1 Å². The van der Waals surface area contributed by atoms with Crippen LogP contribution in [0, 0.1) is 5.92 Å². The predicted molar refractivity (Wildman–Crippen MR) is 89.1 cm³/mol. The fourth-order valence-corrected chi connectivity index (χ4v) is 3.62. The van der Waals surface area contributed by atoms with Crippen LogP contribution in [0.3, 0.4) is 0 Å². The van der Waals surface area contributed by atoms with E-state index in [4.69, 9.17) is 0 Å². The third-order valence-corrected chi connectivity index (χ3v) is 5.09. The molecular formula is C16H27N3O2S. The second kappa shape index (κ2) is 6.96. The lowest BCUT2D eigenvalue weighted by molar-refractivity contribution is 0.128. The molecule has 1 saturated heterocycles. The molecule has 5 nitrogen and oxygen atoms in total. The molecule has 6 heteroatoms. The molecule has 0 saturated carbocycles. The number of hydrogen-bond donors (Lipinski definition) is 2. The lowest BCUT2D eigenvalue weighted by Gasteiger charge is -2.32. The average Bonchev–Trinajstić information content (AvgIpc) is 2.97. The number of aliphatic hydroxyl groups is 1. The first-order chi connectivity index (χ1) is 10.3. The highest BCUT2D eigenvalue weighted by molar-refractivity contribution is 7.09. The van der Waals surface area contributed by atoms with Gasteiger partial charge in [0.2, 0.25) is 0 Å². The maximum absolute atomic E-state index is 12.4. The monoisotopic (exact) mass is 325 g/mol. The molecule has 2 N–H and O–H groups in total. The van der Waals surface area contributed by atoms with Crippen LogP contribution in [0.25, 0.3) is 0 Å². The first kappa shape index (κ1) is 17.2. The minimum absolute atomic E-state index is 0.0275. The van der Waals surface area contributed by atoms with Crippen LogP contribution >= 0.6 is 11.3 Å². The van der Waals surface area contributed by atoms with Gasteiger partial charge in [0.15, 0.2) is 0 Å². The number of urea groups is 1. The van der Waals surface area contributed by atoms with Crippen LogP contribution in [0.5, 0.6) is 0 Å². The smallest absolute Gasteiger partial charge is 0.317 e. The summed E-state index contributed by atoms with van der Waals surface area (Å²) in [5.41, 5.74) is 1.09. The van der Waals surface area contributed by atoms with Gasteiger partial charge in [0.25, 0.3) is 0 Å². The van der Waals surface area contributed by atoms with Crippen molar-refractivity contribution in [1.29, 1.82) is 0 Å². The fourth-order valence-electron chi connectivity index (χ4n) is 2.57. The number of carbonyl (C=O) groups is 1. The van der Waals surface area contributed by atoms with Gasteiger partial charge >= 0.3 is 6.03 Å². The van der Waals surface area contributed by atoms with Crippen molar-refractivity contribution < 1.29 is 9.90 Å². The molecule has 2 amide bonds. The van der Waals surface area contributed by atoms with Gasteiger partial charge in [0.1, 0.15) is 5.01 Å². The Labute approximate surface area is 136 Å². The number of aromatic nitrogens is 1. The van der Waals surface area contributed by atoms with Crippen LogP contribution in [0.2, 0.25) is 0 Å². The van der Waals surface area contributed by atoms with E-state index in [2.05, 4.69) is 36.5 Å². The second-order valence-corrected chi connectivity index (χ2v) is 8.02. The maximum atomic E-state index is 12.4. The van der Waals surface area contributed by atoms with E-state index < -0.39 is 0 Å². The summed E-state index contributed by atoms with van der Waals surface area (Å²) in [6, 6.07) is -0.152. The molecule has 0 unspecified atom stereocenters. The third kappa shape index (κ3) is 4.20. The van der Waals surface area contributed by atoms with Crippen LogP contribution in [0.1, 0.15) is 57.3 Å². The van der Waals surface area contributed by atoms with Crippen LogP contribution in [0.4, 0.5) is 4.79 Å². The number of thiazole rings is 1. The lowest BCUT2D eigenvalue weighted by atomic mass is 9.93. The largest absolute Gasteiger partial charge is 0.396 e. The zero-order valence-electron chi connectivity index (χ0n) is 13.9. The zero-order chi connectivity index (χ0) is 16.3. The van der Waals surface area contributed by atoms with Gasteiger partial charge in [-0.1, -0.05) is 20.8 Å². The summed E-state index contributed by atoms with van der Waals surface area (Å²) in [5, 5.41) is 15.3. The van der Waals surface area contributed by atoms with Crippen LogP contribution < -0.4 is 5.32 Å². The van der Waals surface area contributed by atoms with Crippen molar-refractivity contribution in [3.05, 3.63) is 16.1 Å². The summed E-state index contributed by atoms with van der Waals surface area (Å²) in [7, 11) is 0. The summed E-state index contributed by atoms with van der Waals surface area (Å²) in [5.74, 6) is 0.210. The van der Waals surface area contributed by atoms with Crippen molar-refractivity contribution in [2.75, 3.05) is 19.7 Å². The summed E-state index contributed by atoms with van der Waals surface area (Å²) in [4.78, 5) is 18.8. The quantitative estimate of drug-likeness (QED) is 0.898. The molecule has 2 heterocycles. The highest BCUT2D eigenvalue weighted by atomic mass is 32.1. The molecule has 2 atom stereocenters. The molecule has 1 aromatic heterocycles. The lowest BCUT2D eigenvalue weighted by Crippen LogP contribution is -2.46. The first-order valence-corrected chi connectivity index (χ1v) is 8.81. The molecule has 0 bridgehead atoms. The van der Waals surface area contributed by atoms with Gasteiger partial charge in [-0.2, -0.15) is 0 Å². The van der Waals surface area contributed by atoms with E-state index in [1.165, 1.54) is 0 Å². The molecule has 0 radical (unpaired) electrons. The number of rotatable bonds is 3. The Bertz CT molecular complexity index is 510. The Morgan fingerprint density at radius 1 is 1.59 bits per heavy atom. The minimum Gasteiger partial charge on any atom is -0.396 e. The number of nitrogens with one attached hydrogen (secondary N) is 1. The Morgan fingerprint density at radius 3 is 2.91 bits per heavy atom. The fraction of sp³-hybridized carbons (Fsp3) is 0.750. The number of carbonyl (C=O) groups excluding carboxylic acids is 1. The number of aliphatic hydroxyl groups excluding tert-OH is 1. The molecule has 0 aliphatic carbocycles. The zero-order valence-corrected chi connectivity index (χ0v) is 14.7. The predicted octanol–water partition coefficient (Wildman–Crippen LogP) is 2.92. The Morgan fingerprint density at radius 2 is 2.32 bits per heavy atom. The summed E-state index contributed by atoms with van der Waals surface area (Å²) >= 11 is 1.59. The van der Waals surface area contributed by atoms with Crippen molar-refractivity contribution >= 4 is 17.4 Å². The van der Waals surface area contributed by atoms with E-state index in [-0.39, 0.29) is 30.0 Å². The van der Waals surface area contributed by atoms with E-state index in [1.54, 1.807) is 16.2 Å². The maximum Gasteiger partial charge on any atom is 0.317 e. The molecule has 1 aliphatic heterocycles. The number of nitrogens with zero attached hydrogens (tertiary/aromatic N) is 2. The van der Waals surface area contributed by atoms with Crippen molar-refractivity contribution in [2.24, 2.45) is 5.92 Å². The molecule has 22 heavy (non-hydrogen) atoms. The van der Waals surface area contributed by atoms with Crippen molar-refractivity contribution in [2.45, 2.75) is 52.0 Å². The Kier molecular flexibility index (Phi) is 5.45. The number of hydrogen-bond acceptors (Lipinski definition) is 4. The Hall–Kier alpha value is -1.14. The number of piperidine rings is 1. The highest BCUT2D eigenvalue weighted by Crippen LogP contribution is 2.27. The van der Waals surface area contributed by atoms with E-state index in [1.807, 2.05) is 6.92 Å². The van der Waals surface area contributed by atoms with Gasteiger partial charge in [-0.25, -0.2) is 9.78 Å². The molecule has 2 rings (SSSR count). The topological polar surface area (TPSA) is 65.5 Å². The van der Waals surface area contributed by atoms with Gasteiger partial charge < -0.3 is 15.3 Å². The van der Waals surface area contributed by atoms with Gasteiger partial charge in [-0.3, -0.25) is 0 Å². The minimum atomic E-state index is -0.0943.